The van der Waals surface area contributed by atoms with Gasteiger partial charge in [0, 0.05) is 18.1 Å². The van der Waals surface area contributed by atoms with E-state index in [0.29, 0.717) is 0 Å². The molecule has 2 heterocycles. The van der Waals surface area contributed by atoms with E-state index in [0.717, 1.165) is 30.0 Å². The van der Waals surface area contributed by atoms with E-state index in [9.17, 15) is 0 Å². The van der Waals surface area contributed by atoms with Crippen molar-refractivity contribution in [1.29, 1.82) is 0 Å². The average molecular weight is 195 g/mol. The van der Waals surface area contributed by atoms with Crippen LogP contribution in [0.25, 0.3) is 0 Å². The lowest BCUT2D eigenvalue weighted by molar-refractivity contribution is -0.0536. The summed E-state index contributed by atoms with van der Waals surface area (Å²) in [5, 5.41) is 0. The molecule has 0 aromatic heterocycles. The van der Waals surface area contributed by atoms with Crippen molar-refractivity contribution < 1.29 is 0 Å². The molecule has 0 radical (unpaired) electrons. The van der Waals surface area contributed by atoms with Crippen LogP contribution in [0.15, 0.2) is 0 Å². The minimum Gasteiger partial charge on any atom is -0.295 e. The van der Waals surface area contributed by atoms with Crippen molar-refractivity contribution in [2.75, 3.05) is 0 Å². The minimum absolute atomic E-state index is 0.746. The van der Waals surface area contributed by atoms with Crippen molar-refractivity contribution in [1.82, 2.24) is 4.90 Å². The Kier molecular flexibility index (Phi) is 2.88. The van der Waals surface area contributed by atoms with E-state index in [1.165, 1.54) is 25.7 Å². The average Bonchev–Trinajstić information content (AvgIpc) is 2.17. The van der Waals surface area contributed by atoms with Crippen LogP contribution in [-0.4, -0.2) is 23.0 Å². The van der Waals surface area contributed by atoms with Gasteiger partial charge in [-0.3, -0.25) is 4.90 Å². The van der Waals surface area contributed by atoms with E-state index < -0.39 is 0 Å². The van der Waals surface area contributed by atoms with Gasteiger partial charge in [-0.1, -0.05) is 13.8 Å². The SMILES string of the molecule is CC(C)[C@@H]1C2CCC(CC2)N1C(C)C. The Morgan fingerprint density at radius 3 is 1.86 bits per heavy atom. The van der Waals surface area contributed by atoms with Crippen molar-refractivity contribution in [3.05, 3.63) is 0 Å². The summed E-state index contributed by atoms with van der Waals surface area (Å²) in [7, 11) is 0. The van der Waals surface area contributed by atoms with E-state index in [1.807, 2.05) is 0 Å². The normalized spacial score (nSPS) is 38.6. The lowest BCUT2D eigenvalue weighted by Crippen LogP contribution is -2.59. The predicted octanol–water partition coefficient (Wildman–Crippen LogP) is 3.29. The largest absolute Gasteiger partial charge is 0.295 e. The van der Waals surface area contributed by atoms with Crippen molar-refractivity contribution >= 4 is 0 Å². The van der Waals surface area contributed by atoms with Crippen molar-refractivity contribution in [3.63, 3.8) is 0 Å². The van der Waals surface area contributed by atoms with Gasteiger partial charge < -0.3 is 0 Å². The molecule has 0 N–H and O–H groups in total. The Morgan fingerprint density at radius 2 is 1.50 bits per heavy atom. The zero-order chi connectivity index (χ0) is 10.3. The zero-order valence-corrected chi connectivity index (χ0v) is 10.2. The molecule has 1 atom stereocenters. The van der Waals surface area contributed by atoms with Crippen LogP contribution in [0.1, 0.15) is 53.4 Å². The maximum Gasteiger partial charge on any atom is 0.0152 e. The summed E-state index contributed by atoms with van der Waals surface area (Å²) in [5.41, 5.74) is 0. The Balaban J connectivity index is 2.18. The van der Waals surface area contributed by atoms with E-state index in [1.54, 1.807) is 0 Å². The molecule has 1 aliphatic carbocycles. The molecule has 14 heavy (non-hydrogen) atoms. The number of rotatable bonds is 2. The third-order valence-corrected chi connectivity index (χ3v) is 4.27. The molecule has 1 nitrogen and oxygen atoms in total. The van der Waals surface area contributed by atoms with Crippen LogP contribution in [0.4, 0.5) is 0 Å². The number of fused-ring (bicyclic) bond motifs is 3. The summed E-state index contributed by atoms with van der Waals surface area (Å²) in [5.74, 6) is 1.84. The molecule has 2 saturated heterocycles. The minimum atomic E-state index is 0.746. The fraction of sp³-hybridized carbons (Fsp3) is 1.00. The summed E-state index contributed by atoms with van der Waals surface area (Å²) in [6.45, 7) is 9.55. The van der Waals surface area contributed by atoms with Gasteiger partial charge >= 0.3 is 0 Å². The van der Waals surface area contributed by atoms with Gasteiger partial charge in [-0.25, -0.2) is 0 Å². The molecule has 0 spiro atoms. The van der Waals surface area contributed by atoms with Gasteiger partial charge in [0.05, 0.1) is 0 Å². The Hall–Kier alpha value is -0.0400. The number of hydrogen-bond acceptors (Lipinski definition) is 1. The lowest BCUT2D eigenvalue weighted by Gasteiger charge is -2.55. The monoisotopic (exact) mass is 195 g/mol. The first-order chi connectivity index (χ1) is 6.61. The van der Waals surface area contributed by atoms with Crippen LogP contribution in [0.3, 0.4) is 0 Å². The van der Waals surface area contributed by atoms with Crippen molar-refractivity contribution in [3.8, 4) is 0 Å². The van der Waals surface area contributed by atoms with Gasteiger partial charge in [0.25, 0.3) is 0 Å². The molecule has 1 heteroatoms. The standard InChI is InChI=1S/C13H25N/c1-9(2)13-11-5-7-12(8-6-11)14(13)10(3)4/h9-13H,5-8H2,1-4H3/t11?,12?,13-/m1/s1. The van der Waals surface area contributed by atoms with E-state index in [-0.39, 0.29) is 0 Å². The second-order valence-corrected chi connectivity index (χ2v) is 5.84. The molecular weight excluding hydrogens is 170 g/mol. The zero-order valence-electron chi connectivity index (χ0n) is 10.2. The smallest absolute Gasteiger partial charge is 0.0152 e. The van der Waals surface area contributed by atoms with Crippen molar-refractivity contribution in [2.24, 2.45) is 11.8 Å². The molecule has 0 unspecified atom stereocenters. The number of hydrogen-bond donors (Lipinski definition) is 0. The number of nitrogens with zero attached hydrogens (tertiary/aromatic N) is 1. The molecule has 2 aliphatic heterocycles. The van der Waals surface area contributed by atoms with E-state index in [4.69, 9.17) is 0 Å². The summed E-state index contributed by atoms with van der Waals surface area (Å²) in [6.07, 6.45) is 5.92. The first-order valence-corrected chi connectivity index (χ1v) is 6.38. The second-order valence-electron chi connectivity index (χ2n) is 5.84. The van der Waals surface area contributed by atoms with Crippen LogP contribution in [0, 0.1) is 11.8 Å². The predicted molar refractivity (Wildman–Crippen MR) is 61.3 cm³/mol. The maximum atomic E-state index is 2.82. The van der Waals surface area contributed by atoms with Crippen LogP contribution in [0.2, 0.25) is 0 Å². The topological polar surface area (TPSA) is 3.24 Å². The highest BCUT2D eigenvalue weighted by Gasteiger charge is 2.43. The molecule has 3 fully saturated rings. The first-order valence-electron chi connectivity index (χ1n) is 6.38. The highest BCUT2D eigenvalue weighted by atomic mass is 15.2. The molecule has 0 amide bonds. The van der Waals surface area contributed by atoms with E-state index in [2.05, 4.69) is 32.6 Å². The number of piperidine rings is 2. The van der Waals surface area contributed by atoms with Crippen LogP contribution in [-0.2, 0) is 0 Å². The molecule has 0 aromatic rings. The molecule has 1 saturated carbocycles. The molecular formula is C13H25N. The fourth-order valence-corrected chi connectivity index (χ4v) is 3.88. The van der Waals surface area contributed by atoms with Gasteiger partial charge in [-0.15, -0.1) is 0 Å². The van der Waals surface area contributed by atoms with Crippen LogP contribution < -0.4 is 0 Å². The third kappa shape index (κ3) is 1.60. The highest BCUT2D eigenvalue weighted by Crippen LogP contribution is 2.43. The second kappa shape index (κ2) is 3.84. The highest BCUT2D eigenvalue weighted by molar-refractivity contribution is 4.97. The first kappa shape index (κ1) is 10.5. The molecule has 3 aliphatic rings. The lowest BCUT2D eigenvalue weighted by atomic mass is 9.70. The molecule has 2 bridgehead atoms. The van der Waals surface area contributed by atoms with Gasteiger partial charge in [0.15, 0.2) is 0 Å². The quantitative estimate of drug-likeness (QED) is 0.653. The molecule has 0 aromatic carbocycles. The summed E-state index contributed by atoms with van der Waals surface area (Å²) < 4.78 is 0. The van der Waals surface area contributed by atoms with Crippen LogP contribution in [0.5, 0.6) is 0 Å². The summed E-state index contributed by atoms with van der Waals surface area (Å²) in [4.78, 5) is 2.82. The Labute approximate surface area is 88.9 Å². The van der Waals surface area contributed by atoms with E-state index >= 15 is 0 Å². The van der Waals surface area contributed by atoms with Gasteiger partial charge in [-0.05, 0) is 51.4 Å². The third-order valence-electron chi connectivity index (χ3n) is 4.27. The van der Waals surface area contributed by atoms with Crippen LogP contribution >= 0.6 is 0 Å². The fourth-order valence-electron chi connectivity index (χ4n) is 3.88. The van der Waals surface area contributed by atoms with Gasteiger partial charge in [0.2, 0.25) is 0 Å². The van der Waals surface area contributed by atoms with Gasteiger partial charge in [0.1, 0.15) is 0 Å². The Bertz CT molecular complexity index is 167. The Morgan fingerprint density at radius 1 is 0.929 bits per heavy atom. The summed E-state index contributed by atoms with van der Waals surface area (Å²) >= 11 is 0. The molecule has 82 valence electrons. The van der Waals surface area contributed by atoms with Gasteiger partial charge in [-0.2, -0.15) is 0 Å². The maximum absolute atomic E-state index is 2.82. The van der Waals surface area contributed by atoms with Crippen molar-refractivity contribution in [2.45, 2.75) is 71.5 Å². The molecule has 3 rings (SSSR count). The summed E-state index contributed by atoms with van der Waals surface area (Å²) in [6, 6.07) is 2.53.